The molecule has 1 fully saturated rings. The summed E-state index contributed by atoms with van der Waals surface area (Å²) in [6.07, 6.45) is 4.26. The van der Waals surface area contributed by atoms with E-state index in [-0.39, 0.29) is 18.0 Å². The molecule has 1 N–H and O–H groups in total. The second-order valence-corrected chi connectivity index (χ2v) is 7.54. The summed E-state index contributed by atoms with van der Waals surface area (Å²) in [7, 11) is 2.07. The van der Waals surface area contributed by atoms with Gasteiger partial charge in [-0.15, -0.1) is 0 Å². The lowest BCUT2D eigenvalue weighted by molar-refractivity contribution is -0.121. The van der Waals surface area contributed by atoms with Crippen molar-refractivity contribution in [3.8, 4) is 11.5 Å². The fourth-order valence-corrected chi connectivity index (χ4v) is 4.02. The van der Waals surface area contributed by atoms with Crippen LogP contribution in [-0.4, -0.2) is 28.0 Å². The van der Waals surface area contributed by atoms with Gasteiger partial charge in [-0.05, 0) is 74.8 Å². The summed E-state index contributed by atoms with van der Waals surface area (Å²) in [4.78, 5) is 15.2. The monoisotopic (exact) mass is 389 g/mol. The van der Waals surface area contributed by atoms with Crippen molar-refractivity contribution >= 4 is 11.6 Å². The van der Waals surface area contributed by atoms with Crippen LogP contribution in [0.2, 0.25) is 0 Å². The van der Waals surface area contributed by atoms with Gasteiger partial charge in [0.05, 0.1) is 12.1 Å². The van der Waals surface area contributed by atoms with E-state index in [1.54, 1.807) is 0 Å². The topological polar surface area (TPSA) is 46.5 Å². The molecule has 150 valence electrons. The van der Waals surface area contributed by atoms with E-state index in [0.29, 0.717) is 0 Å². The number of hydrogen-bond acceptors (Lipinski definition) is 3. The Labute approximate surface area is 171 Å². The van der Waals surface area contributed by atoms with Gasteiger partial charge in [0.2, 0.25) is 5.91 Å². The third-order valence-electron chi connectivity index (χ3n) is 5.60. The highest BCUT2D eigenvalue weighted by Crippen LogP contribution is 2.34. The number of amides is 1. The highest BCUT2D eigenvalue weighted by atomic mass is 16.5. The van der Waals surface area contributed by atoms with E-state index in [1.165, 1.54) is 5.69 Å². The summed E-state index contributed by atoms with van der Waals surface area (Å²) in [5.74, 6) is 1.55. The molecule has 0 spiro atoms. The van der Waals surface area contributed by atoms with Gasteiger partial charge in [-0.25, -0.2) is 0 Å². The molecule has 5 nitrogen and oxygen atoms in total. The lowest BCUT2D eigenvalue weighted by Gasteiger charge is -2.30. The third-order valence-corrected chi connectivity index (χ3v) is 5.60. The number of rotatable bonds is 6. The van der Waals surface area contributed by atoms with Crippen molar-refractivity contribution in [3.05, 3.63) is 78.6 Å². The molecule has 2 heterocycles. The number of carbonyl (C=O) groups is 1. The zero-order valence-corrected chi connectivity index (χ0v) is 16.9. The minimum atomic E-state index is -0.197. The predicted octanol–water partition coefficient (Wildman–Crippen LogP) is 4.98. The zero-order valence-electron chi connectivity index (χ0n) is 16.9. The van der Waals surface area contributed by atoms with Crippen molar-refractivity contribution in [3.63, 3.8) is 0 Å². The van der Waals surface area contributed by atoms with E-state index >= 15 is 0 Å². The highest BCUT2D eigenvalue weighted by molar-refractivity contribution is 5.94. The molecule has 1 amide bonds. The average Bonchev–Trinajstić information content (AvgIpc) is 3.38. The van der Waals surface area contributed by atoms with Gasteiger partial charge in [0, 0.05) is 24.6 Å². The van der Waals surface area contributed by atoms with Crippen molar-refractivity contribution in [2.45, 2.75) is 31.8 Å². The number of carbonyl (C=O) groups excluding carboxylic acids is 1. The van der Waals surface area contributed by atoms with Crippen molar-refractivity contribution in [1.82, 2.24) is 9.47 Å². The molecule has 1 aliphatic rings. The molecule has 0 radical (unpaired) electrons. The van der Waals surface area contributed by atoms with Crippen LogP contribution in [0.25, 0.3) is 0 Å². The average molecular weight is 389 g/mol. The minimum absolute atomic E-state index is 0.0165. The number of anilines is 1. The highest BCUT2D eigenvalue weighted by Gasteiger charge is 2.34. The molecule has 2 unspecified atom stereocenters. The maximum atomic E-state index is 12.9. The quantitative estimate of drug-likeness (QED) is 0.647. The van der Waals surface area contributed by atoms with Crippen molar-refractivity contribution < 1.29 is 9.53 Å². The van der Waals surface area contributed by atoms with Crippen molar-refractivity contribution in [1.29, 1.82) is 0 Å². The second kappa shape index (κ2) is 8.53. The van der Waals surface area contributed by atoms with E-state index in [1.807, 2.05) is 61.5 Å². The van der Waals surface area contributed by atoms with Gasteiger partial charge in [0.25, 0.3) is 0 Å². The number of nitrogens with zero attached hydrogens (tertiary/aromatic N) is 2. The Balaban J connectivity index is 1.39. The van der Waals surface area contributed by atoms with Crippen LogP contribution in [0.5, 0.6) is 11.5 Å². The summed E-state index contributed by atoms with van der Waals surface area (Å²) in [6, 6.07) is 21.5. The number of benzene rings is 2. The molecule has 0 saturated carbocycles. The van der Waals surface area contributed by atoms with Crippen LogP contribution in [0.3, 0.4) is 0 Å². The van der Waals surface area contributed by atoms with E-state index in [4.69, 9.17) is 4.74 Å². The van der Waals surface area contributed by atoms with Crippen LogP contribution in [0.1, 0.15) is 31.5 Å². The number of para-hydroxylation sites is 1. The first-order chi connectivity index (χ1) is 14.1. The summed E-state index contributed by atoms with van der Waals surface area (Å²) < 4.78 is 7.96. The zero-order chi connectivity index (χ0) is 20.2. The van der Waals surface area contributed by atoms with E-state index < -0.39 is 0 Å². The van der Waals surface area contributed by atoms with Gasteiger partial charge in [-0.2, -0.15) is 0 Å². The molecule has 3 aromatic rings. The van der Waals surface area contributed by atoms with Crippen molar-refractivity contribution in [2.24, 2.45) is 7.05 Å². The molecule has 1 saturated heterocycles. The number of hydrogen-bond donors (Lipinski definition) is 1. The summed E-state index contributed by atoms with van der Waals surface area (Å²) >= 11 is 0. The van der Waals surface area contributed by atoms with Gasteiger partial charge < -0.3 is 14.6 Å². The van der Waals surface area contributed by atoms with Gasteiger partial charge >= 0.3 is 0 Å². The molecule has 2 aromatic carbocycles. The fraction of sp³-hybridized carbons (Fsp3) is 0.292. The molecule has 0 bridgehead atoms. The molecular formula is C24H27N3O2. The van der Waals surface area contributed by atoms with Gasteiger partial charge in [0.15, 0.2) is 0 Å². The lowest BCUT2D eigenvalue weighted by Crippen LogP contribution is -2.41. The van der Waals surface area contributed by atoms with Gasteiger partial charge in [-0.1, -0.05) is 18.2 Å². The van der Waals surface area contributed by atoms with Crippen molar-refractivity contribution in [2.75, 3.05) is 11.9 Å². The lowest BCUT2D eigenvalue weighted by atomic mass is 10.1. The standard InChI is InChI=1S/C24H27N3O2/c1-18(27-17-7-11-23(27)22-10-6-16-26(22)2)24(28)25-19-12-14-21(15-13-19)29-20-8-4-3-5-9-20/h3-6,8-10,12-16,18,23H,7,11,17H2,1-2H3,(H,25,28). The minimum Gasteiger partial charge on any atom is -0.457 e. The molecule has 29 heavy (non-hydrogen) atoms. The Hall–Kier alpha value is -3.05. The van der Waals surface area contributed by atoms with Crippen LogP contribution >= 0.6 is 0 Å². The van der Waals surface area contributed by atoms with Crippen LogP contribution in [0, 0.1) is 0 Å². The summed E-state index contributed by atoms with van der Waals surface area (Å²) in [6.45, 7) is 2.93. The normalized spacial score (nSPS) is 17.8. The Kier molecular flexibility index (Phi) is 5.67. The predicted molar refractivity (Wildman–Crippen MR) is 115 cm³/mol. The first-order valence-corrected chi connectivity index (χ1v) is 10.1. The second-order valence-electron chi connectivity index (χ2n) is 7.54. The third kappa shape index (κ3) is 4.35. The molecule has 2 atom stereocenters. The Morgan fingerprint density at radius 2 is 1.76 bits per heavy atom. The summed E-state index contributed by atoms with van der Waals surface area (Å²) in [5.41, 5.74) is 2.04. The maximum absolute atomic E-state index is 12.9. The molecule has 5 heteroatoms. The molecule has 1 aliphatic heterocycles. The van der Waals surface area contributed by atoms with Crippen LogP contribution in [0.15, 0.2) is 72.9 Å². The Morgan fingerprint density at radius 3 is 2.45 bits per heavy atom. The smallest absolute Gasteiger partial charge is 0.241 e. The summed E-state index contributed by atoms with van der Waals surface area (Å²) in [5, 5.41) is 3.05. The fourth-order valence-electron chi connectivity index (χ4n) is 4.02. The van der Waals surface area contributed by atoms with Crippen LogP contribution in [-0.2, 0) is 11.8 Å². The molecule has 1 aromatic heterocycles. The number of ether oxygens (including phenoxy) is 1. The number of likely N-dealkylation sites (tertiary alicyclic amines) is 1. The Bertz CT molecular complexity index is 950. The first-order valence-electron chi connectivity index (χ1n) is 10.1. The van der Waals surface area contributed by atoms with E-state index in [2.05, 4.69) is 40.2 Å². The van der Waals surface area contributed by atoms with Gasteiger partial charge in [0.1, 0.15) is 11.5 Å². The molecule has 0 aliphatic carbocycles. The van der Waals surface area contributed by atoms with Crippen LogP contribution in [0.4, 0.5) is 5.69 Å². The van der Waals surface area contributed by atoms with E-state index in [9.17, 15) is 4.79 Å². The Morgan fingerprint density at radius 1 is 1.03 bits per heavy atom. The van der Waals surface area contributed by atoms with Gasteiger partial charge in [-0.3, -0.25) is 9.69 Å². The number of nitrogens with one attached hydrogen (secondary N) is 1. The molecular weight excluding hydrogens is 362 g/mol. The SMILES string of the molecule is CC(C(=O)Nc1ccc(Oc2ccccc2)cc1)N1CCCC1c1cccn1C. The molecule has 4 rings (SSSR count). The number of aryl methyl sites for hydroxylation is 1. The number of aromatic nitrogens is 1. The largest absolute Gasteiger partial charge is 0.457 e. The maximum Gasteiger partial charge on any atom is 0.241 e. The van der Waals surface area contributed by atoms with Crippen LogP contribution < -0.4 is 10.1 Å². The van der Waals surface area contributed by atoms with E-state index in [0.717, 1.165) is 36.6 Å². The first kappa shape index (κ1) is 19.3.